The Morgan fingerprint density at radius 1 is 1.11 bits per heavy atom. The minimum Gasteiger partial charge on any atom is -0.298 e. The number of carbonyl (C=O) groups is 1. The summed E-state index contributed by atoms with van der Waals surface area (Å²) in [4.78, 5) is 12.6. The van der Waals surface area contributed by atoms with Crippen LogP contribution in [0.5, 0.6) is 0 Å². The van der Waals surface area contributed by atoms with Gasteiger partial charge >= 0.3 is 6.18 Å². The van der Waals surface area contributed by atoms with Crippen LogP contribution in [0.2, 0.25) is 0 Å². The lowest BCUT2D eigenvalue weighted by Gasteiger charge is -2.46. The van der Waals surface area contributed by atoms with Crippen molar-refractivity contribution in [3.63, 3.8) is 0 Å². The first kappa shape index (κ1) is 16.5. The molecule has 0 aliphatic heterocycles. The smallest absolute Gasteiger partial charge is 0.298 e. The lowest BCUT2D eigenvalue weighted by molar-refractivity contribution is -0.247. The van der Waals surface area contributed by atoms with Gasteiger partial charge in [-0.05, 0) is 25.7 Å². The molecule has 0 aromatic rings. The molecule has 1 saturated carbocycles. The van der Waals surface area contributed by atoms with E-state index in [4.69, 9.17) is 0 Å². The summed E-state index contributed by atoms with van der Waals surface area (Å²) in [7, 11) is 0. The molecule has 4 heteroatoms. The summed E-state index contributed by atoms with van der Waals surface area (Å²) in [5, 5.41) is 0. The van der Waals surface area contributed by atoms with Gasteiger partial charge < -0.3 is 0 Å². The van der Waals surface area contributed by atoms with Crippen LogP contribution in [0.4, 0.5) is 13.2 Å². The molecule has 1 unspecified atom stereocenters. The van der Waals surface area contributed by atoms with E-state index in [1.54, 1.807) is 6.92 Å². The fraction of sp³-hybridized carbons (Fsp3) is 0.933. The highest BCUT2D eigenvalue weighted by atomic mass is 19.4. The molecule has 1 atom stereocenters. The van der Waals surface area contributed by atoms with Crippen molar-refractivity contribution in [1.82, 2.24) is 0 Å². The molecule has 0 radical (unpaired) electrons. The van der Waals surface area contributed by atoms with Gasteiger partial charge in [0.15, 0.2) is 5.78 Å². The Balaban J connectivity index is 2.98. The highest BCUT2D eigenvalue weighted by Crippen LogP contribution is 2.57. The zero-order valence-corrected chi connectivity index (χ0v) is 12.2. The van der Waals surface area contributed by atoms with Crippen LogP contribution in [-0.2, 0) is 4.79 Å². The first-order valence-corrected chi connectivity index (χ1v) is 7.35. The lowest BCUT2D eigenvalue weighted by atomic mass is 9.57. The second-order valence-electron chi connectivity index (χ2n) is 6.18. The molecule has 0 heterocycles. The second-order valence-corrected chi connectivity index (χ2v) is 6.18. The van der Waals surface area contributed by atoms with Crippen molar-refractivity contribution in [1.29, 1.82) is 0 Å². The maximum absolute atomic E-state index is 13.3. The fourth-order valence-corrected chi connectivity index (χ4v) is 3.22. The second kappa shape index (κ2) is 5.84. The summed E-state index contributed by atoms with van der Waals surface area (Å²) in [5.74, 6) is -0.547. The van der Waals surface area contributed by atoms with E-state index in [9.17, 15) is 18.0 Å². The van der Waals surface area contributed by atoms with Gasteiger partial charge in [0.05, 0.1) is 0 Å². The van der Waals surface area contributed by atoms with E-state index in [1.807, 2.05) is 13.8 Å². The number of halogens is 3. The molecule has 1 nitrogen and oxygen atoms in total. The quantitative estimate of drug-likeness (QED) is 0.618. The summed E-state index contributed by atoms with van der Waals surface area (Å²) in [6.45, 7) is 5.67. The molecule has 0 aromatic carbocycles. The monoisotopic (exact) mass is 278 g/mol. The van der Waals surface area contributed by atoms with Gasteiger partial charge in [0.1, 0.15) is 5.41 Å². The summed E-state index contributed by atoms with van der Waals surface area (Å²) >= 11 is 0. The zero-order valence-electron chi connectivity index (χ0n) is 12.2. The SMILES string of the molecule is CCCCC(C)(CCC)C(=O)C1(C(F)(F)F)CCC1. The number of carbonyl (C=O) groups excluding carboxylic acids is 1. The normalized spacial score (nSPS) is 21.6. The maximum atomic E-state index is 13.3. The molecule has 1 rings (SSSR count). The van der Waals surface area contributed by atoms with E-state index in [-0.39, 0.29) is 12.8 Å². The molecular formula is C15H25F3O. The Morgan fingerprint density at radius 3 is 2.00 bits per heavy atom. The number of ketones is 1. The molecule has 0 N–H and O–H groups in total. The maximum Gasteiger partial charge on any atom is 0.401 e. The lowest BCUT2D eigenvalue weighted by Crippen LogP contribution is -2.55. The summed E-state index contributed by atoms with van der Waals surface area (Å²) < 4.78 is 39.8. The van der Waals surface area contributed by atoms with Crippen LogP contribution in [0.25, 0.3) is 0 Å². The topological polar surface area (TPSA) is 17.1 Å². The molecule has 0 spiro atoms. The average Bonchev–Trinajstić information content (AvgIpc) is 2.23. The minimum absolute atomic E-state index is 0.0131. The summed E-state index contributed by atoms with van der Waals surface area (Å²) in [6.07, 6.45) is -0.286. The van der Waals surface area contributed by atoms with Crippen LogP contribution in [0, 0.1) is 10.8 Å². The van der Waals surface area contributed by atoms with Crippen LogP contribution in [0.1, 0.15) is 72.1 Å². The third-order valence-corrected chi connectivity index (χ3v) is 4.62. The van der Waals surface area contributed by atoms with E-state index in [0.29, 0.717) is 19.3 Å². The standard InChI is InChI=1S/C15H25F3O/c1-4-6-9-13(3,8-5-2)12(19)14(10-7-11-14)15(16,17)18/h4-11H2,1-3H3. The number of rotatable bonds is 7. The molecule has 1 aliphatic rings. The van der Waals surface area contributed by atoms with Gasteiger partial charge in [-0.15, -0.1) is 0 Å². The largest absolute Gasteiger partial charge is 0.401 e. The number of Topliss-reactive ketones (excluding diaryl/α,β-unsaturated/α-hetero) is 1. The van der Waals surface area contributed by atoms with Gasteiger partial charge in [-0.25, -0.2) is 0 Å². The first-order valence-electron chi connectivity index (χ1n) is 7.35. The highest BCUT2D eigenvalue weighted by Gasteiger charge is 2.65. The summed E-state index contributed by atoms with van der Waals surface area (Å²) in [6, 6.07) is 0. The van der Waals surface area contributed by atoms with Crippen LogP contribution >= 0.6 is 0 Å². The van der Waals surface area contributed by atoms with E-state index in [2.05, 4.69) is 0 Å². The third-order valence-electron chi connectivity index (χ3n) is 4.62. The zero-order chi connectivity index (χ0) is 14.7. The molecule has 1 aliphatic carbocycles. The van der Waals surface area contributed by atoms with Crippen LogP contribution < -0.4 is 0 Å². The number of alkyl halides is 3. The van der Waals surface area contributed by atoms with E-state index in [1.165, 1.54) is 0 Å². The molecule has 0 aromatic heterocycles. The van der Waals surface area contributed by atoms with E-state index in [0.717, 1.165) is 19.3 Å². The molecule has 0 bridgehead atoms. The van der Waals surface area contributed by atoms with E-state index < -0.39 is 22.8 Å². The average molecular weight is 278 g/mol. The predicted octanol–water partition coefficient (Wildman–Crippen LogP) is 5.28. The molecular weight excluding hydrogens is 253 g/mol. The van der Waals surface area contributed by atoms with Crippen molar-refractivity contribution in [2.75, 3.05) is 0 Å². The Hall–Kier alpha value is -0.540. The number of unbranched alkanes of at least 4 members (excludes halogenated alkanes) is 1. The van der Waals surface area contributed by atoms with Crippen LogP contribution in [0.15, 0.2) is 0 Å². The van der Waals surface area contributed by atoms with Crippen molar-refractivity contribution >= 4 is 5.78 Å². The van der Waals surface area contributed by atoms with Gasteiger partial charge in [0, 0.05) is 5.41 Å². The first-order chi connectivity index (χ1) is 8.73. The number of hydrogen-bond donors (Lipinski definition) is 0. The molecule has 19 heavy (non-hydrogen) atoms. The van der Waals surface area contributed by atoms with Crippen LogP contribution in [-0.4, -0.2) is 12.0 Å². The molecule has 0 saturated heterocycles. The molecule has 112 valence electrons. The van der Waals surface area contributed by atoms with Gasteiger partial charge in [0.25, 0.3) is 0 Å². The Bertz CT molecular complexity index is 318. The molecule has 1 fully saturated rings. The van der Waals surface area contributed by atoms with Gasteiger partial charge in [-0.3, -0.25) is 4.79 Å². The highest BCUT2D eigenvalue weighted by molar-refractivity contribution is 5.91. The Labute approximate surface area is 114 Å². The fourth-order valence-electron chi connectivity index (χ4n) is 3.22. The van der Waals surface area contributed by atoms with Gasteiger partial charge in [-0.1, -0.05) is 46.5 Å². The van der Waals surface area contributed by atoms with Crippen LogP contribution in [0.3, 0.4) is 0 Å². The number of hydrogen-bond acceptors (Lipinski definition) is 1. The minimum atomic E-state index is -4.39. The summed E-state index contributed by atoms with van der Waals surface area (Å²) in [5.41, 5.74) is -2.84. The Morgan fingerprint density at radius 2 is 1.68 bits per heavy atom. The van der Waals surface area contributed by atoms with Gasteiger partial charge in [0.2, 0.25) is 0 Å². The van der Waals surface area contributed by atoms with Gasteiger partial charge in [-0.2, -0.15) is 13.2 Å². The van der Waals surface area contributed by atoms with Crippen molar-refractivity contribution < 1.29 is 18.0 Å². The van der Waals surface area contributed by atoms with Crippen molar-refractivity contribution in [2.24, 2.45) is 10.8 Å². The molecule has 0 amide bonds. The Kier molecular flexibility index (Phi) is 5.08. The predicted molar refractivity (Wildman–Crippen MR) is 69.9 cm³/mol. The van der Waals surface area contributed by atoms with Crippen molar-refractivity contribution in [3.8, 4) is 0 Å². The van der Waals surface area contributed by atoms with Crippen molar-refractivity contribution in [3.05, 3.63) is 0 Å². The van der Waals surface area contributed by atoms with E-state index >= 15 is 0 Å². The third kappa shape index (κ3) is 2.97. The van der Waals surface area contributed by atoms with Crippen molar-refractivity contribution in [2.45, 2.75) is 78.3 Å².